The van der Waals surface area contributed by atoms with Crippen LogP contribution >= 0.6 is 11.6 Å². The fraction of sp³-hybridized carbons (Fsp3) is 0.538. The Morgan fingerprint density at radius 3 is 2.88 bits per heavy atom. The van der Waals surface area contributed by atoms with Crippen molar-refractivity contribution < 1.29 is 5.11 Å². The molecule has 1 aromatic carbocycles. The summed E-state index contributed by atoms with van der Waals surface area (Å²) in [7, 11) is 0. The van der Waals surface area contributed by atoms with E-state index in [-0.39, 0.29) is 0 Å². The average molecular weight is 240 g/mol. The number of rotatable bonds is 4. The molecule has 0 spiro atoms. The second-order valence-electron chi connectivity index (χ2n) is 4.45. The molecule has 2 unspecified atom stereocenters. The first-order chi connectivity index (χ1) is 7.81. The Morgan fingerprint density at radius 2 is 2.12 bits per heavy atom. The number of benzene rings is 1. The molecule has 3 heteroatoms. The summed E-state index contributed by atoms with van der Waals surface area (Å²) in [6.45, 7) is 1.08. The molecule has 2 N–H and O–H groups in total. The lowest BCUT2D eigenvalue weighted by molar-refractivity contribution is 0.205. The summed E-state index contributed by atoms with van der Waals surface area (Å²) in [5.41, 5.74) is 1.13. The lowest BCUT2D eigenvalue weighted by Crippen LogP contribution is -2.33. The molecule has 88 valence electrons. The van der Waals surface area contributed by atoms with E-state index in [1.54, 1.807) is 0 Å². The Labute approximate surface area is 102 Å². The first-order valence-corrected chi connectivity index (χ1v) is 6.26. The number of aliphatic hydroxyl groups is 1. The third-order valence-corrected chi connectivity index (χ3v) is 3.77. The van der Waals surface area contributed by atoms with Gasteiger partial charge in [-0.3, -0.25) is 0 Å². The predicted molar refractivity (Wildman–Crippen MR) is 66.5 cm³/mol. The van der Waals surface area contributed by atoms with E-state index in [9.17, 15) is 5.11 Å². The second kappa shape index (κ2) is 5.67. The Morgan fingerprint density at radius 1 is 1.31 bits per heavy atom. The minimum Gasteiger partial charge on any atom is -0.396 e. The highest BCUT2D eigenvalue weighted by Crippen LogP contribution is 2.25. The molecule has 0 aliphatic heterocycles. The number of aliphatic hydroxyl groups excluding tert-OH is 1. The molecule has 1 aromatic rings. The second-order valence-corrected chi connectivity index (χ2v) is 4.86. The van der Waals surface area contributed by atoms with Crippen LogP contribution in [0.5, 0.6) is 0 Å². The highest BCUT2D eigenvalue weighted by atomic mass is 35.5. The summed E-state index contributed by atoms with van der Waals surface area (Å²) in [4.78, 5) is 0. The minimum absolute atomic E-state index is 0.292. The first kappa shape index (κ1) is 11.9. The summed E-state index contributed by atoms with van der Waals surface area (Å²) in [6, 6.07) is 8.34. The Balaban J connectivity index is 1.90. The van der Waals surface area contributed by atoms with E-state index < -0.39 is 0 Å². The number of hydrogen-bond donors (Lipinski definition) is 2. The topological polar surface area (TPSA) is 32.3 Å². The van der Waals surface area contributed by atoms with E-state index in [0.717, 1.165) is 30.0 Å². The Bertz CT molecular complexity index is 342. The summed E-state index contributed by atoms with van der Waals surface area (Å²) >= 11 is 6.09. The number of halogens is 1. The van der Waals surface area contributed by atoms with Gasteiger partial charge >= 0.3 is 0 Å². The van der Waals surface area contributed by atoms with Crippen LogP contribution in [0.15, 0.2) is 24.3 Å². The van der Waals surface area contributed by atoms with Crippen LogP contribution in [0.4, 0.5) is 0 Å². The fourth-order valence-electron chi connectivity index (χ4n) is 2.41. The van der Waals surface area contributed by atoms with Crippen molar-refractivity contribution in [3.8, 4) is 0 Å². The molecule has 2 atom stereocenters. The van der Waals surface area contributed by atoms with E-state index >= 15 is 0 Å². The van der Waals surface area contributed by atoms with Crippen molar-refractivity contribution in [1.29, 1.82) is 0 Å². The van der Waals surface area contributed by atoms with E-state index in [0.29, 0.717) is 18.6 Å². The minimum atomic E-state index is 0.292. The van der Waals surface area contributed by atoms with Gasteiger partial charge in [0.15, 0.2) is 0 Å². The van der Waals surface area contributed by atoms with Crippen LogP contribution in [0, 0.1) is 5.92 Å². The summed E-state index contributed by atoms with van der Waals surface area (Å²) in [5.74, 6) is 0.419. The van der Waals surface area contributed by atoms with E-state index in [4.69, 9.17) is 11.6 Å². The maximum atomic E-state index is 9.22. The van der Waals surface area contributed by atoms with Gasteiger partial charge in [0.2, 0.25) is 0 Å². The summed E-state index contributed by atoms with van der Waals surface area (Å²) in [6.07, 6.45) is 3.51. The molecular weight excluding hydrogens is 222 g/mol. The number of hydrogen-bond acceptors (Lipinski definition) is 2. The van der Waals surface area contributed by atoms with Crippen molar-refractivity contribution >= 4 is 11.6 Å². The van der Waals surface area contributed by atoms with Gasteiger partial charge in [0.1, 0.15) is 0 Å². The van der Waals surface area contributed by atoms with Crippen LogP contribution < -0.4 is 5.32 Å². The summed E-state index contributed by atoms with van der Waals surface area (Å²) < 4.78 is 0. The van der Waals surface area contributed by atoms with Gasteiger partial charge in [0.25, 0.3) is 0 Å². The maximum Gasteiger partial charge on any atom is 0.0474 e. The average Bonchev–Trinajstić information content (AvgIpc) is 2.75. The van der Waals surface area contributed by atoms with Gasteiger partial charge in [-0.2, -0.15) is 0 Å². The molecule has 0 aromatic heterocycles. The van der Waals surface area contributed by atoms with Crippen LogP contribution in [-0.2, 0) is 6.54 Å². The molecule has 16 heavy (non-hydrogen) atoms. The van der Waals surface area contributed by atoms with Crippen LogP contribution in [0.3, 0.4) is 0 Å². The van der Waals surface area contributed by atoms with Crippen LogP contribution in [-0.4, -0.2) is 17.8 Å². The Kier molecular flexibility index (Phi) is 4.22. The molecule has 1 aliphatic carbocycles. The smallest absolute Gasteiger partial charge is 0.0474 e. The number of nitrogens with one attached hydrogen (secondary N) is 1. The van der Waals surface area contributed by atoms with Gasteiger partial charge in [-0.15, -0.1) is 0 Å². The molecule has 0 bridgehead atoms. The van der Waals surface area contributed by atoms with Gasteiger partial charge in [0, 0.05) is 24.2 Å². The molecule has 1 aliphatic rings. The van der Waals surface area contributed by atoms with Gasteiger partial charge in [-0.1, -0.05) is 36.2 Å². The van der Waals surface area contributed by atoms with Crippen molar-refractivity contribution in [3.63, 3.8) is 0 Å². The molecule has 0 radical (unpaired) electrons. The molecular formula is C13H18ClNO. The monoisotopic (exact) mass is 239 g/mol. The molecule has 0 heterocycles. The third kappa shape index (κ3) is 2.76. The molecule has 0 amide bonds. The van der Waals surface area contributed by atoms with Gasteiger partial charge in [0.05, 0.1) is 0 Å². The standard InChI is InChI=1S/C13H18ClNO/c14-12-6-2-1-4-10(12)8-15-13-7-3-5-11(13)9-16/h1-2,4,6,11,13,15-16H,3,5,7-9H2. The maximum absolute atomic E-state index is 9.22. The van der Waals surface area contributed by atoms with Crippen molar-refractivity contribution in [2.24, 2.45) is 5.92 Å². The van der Waals surface area contributed by atoms with Crippen LogP contribution in [0.25, 0.3) is 0 Å². The molecule has 1 saturated carbocycles. The predicted octanol–water partition coefficient (Wildman–Crippen LogP) is 2.59. The van der Waals surface area contributed by atoms with E-state index in [1.165, 1.54) is 6.42 Å². The summed E-state index contributed by atoms with van der Waals surface area (Å²) in [5, 5.41) is 13.5. The zero-order valence-corrected chi connectivity index (χ0v) is 10.1. The zero-order chi connectivity index (χ0) is 11.4. The van der Waals surface area contributed by atoms with Gasteiger partial charge in [-0.25, -0.2) is 0 Å². The first-order valence-electron chi connectivity index (χ1n) is 5.89. The quantitative estimate of drug-likeness (QED) is 0.847. The highest BCUT2D eigenvalue weighted by Gasteiger charge is 2.25. The fourth-order valence-corrected chi connectivity index (χ4v) is 2.61. The van der Waals surface area contributed by atoms with E-state index in [2.05, 4.69) is 5.32 Å². The largest absolute Gasteiger partial charge is 0.396 e. The molecule has 1 fully saturated rings. The lowest BCUT2D eigenvalue weighted by Gasteiger charge is -2.19. The van der Waals surface area contributed by atoms with Crippen molar-refractivity contribution in [2.45, 2.75) is 31.8 Å². The van der Waals surface area contributed by atoms with Crippen LogP contribution in [0.2, 0.25) is 5.02 Å². The SMILES string of the molecule is OCC1CCCC1NCc1ccccc1Cl. The van der Waals surface area contributed by atoms with Crippen molar-refractivity contribution in [2.75, 3.05) is 6.61 Å². The lowest BCUT2D eigenvalue weighted by atomic mass is 10.0. The van der Waals surface area contributed by atoms with Gasteiger partial charge in [-0.05, 0) is 30.4 Å². The van der Waals surface area contributed by atoms with Crippen molar-refractivity contribution in [1.82, 2.24) is 5.32 Å². The molecule has 2 nitrogen and oxygen atoms in total. The highest BCUT2D eigenvalue weighted by molar-refractivity contribution is 6.31. The zero-order valence-electron chi connectivity index (χ0n) is 9.32. The third-order valence-electron chi connectivity index (χ3n) is 3.41. The van der Waals surface area contributed by atoms with Crippen LogP contribution in [0.1, 0.15) is 24.8 Å². The van der Waals surface area contributed by atoms with E-state index in [1.807, 2.05) is 24.3 Å². The van der Waals surface area contributed by atoms with Crippen molar-refractivity contribution in [3.05, 3.63) is 34.9 Å². The molecule has 2 rings (SSSR count). The molecule has 0 saturated heterocycles. The van der Waals surface area contributed by atoms with Gasteiger partial charge < -0.3 is 10.4 Å². The Hall–Kier alpha value is -0.570. The normalized spacial score (nSPS) is 24.9.